The van der Waals surface area contributed by atoms with Gasteiger partial charge < -0.3 is 0 Å². The van der Waals surface area contributed by atoms with Crippen LogP contribution in [0.15, 0.2) is 64.4 Å². The van der Waals surface area contributed by atoms with Crippen LogP contribution in [-0.4, -0.2) is 24.7 Å². The Balaban J connectivity index is 1.79. The van der Waals surface area contributed by atoms with Gasteiger partial charge in [-0.05, 0) is 42.3 Å². The number of aryl methyl sites for hydroxylation is 1. The summed E-state index contributed by atoms with van der Waals surface area (Å²) in [7, 11) is 0. The maximum atomic E-state index is 8.86. The first-order chi connectivity index (χ1) is 12.7. The number of benzene rings is 1. The molecular formula is C18H12N6S2. The van der Waals surface area contributed by atoms with Gasteiger partial charge in [0.05, 0.1) is 17.3 Å². The zero-order chi connectivity index (χ0) is 17.9. The molecule has 0 aliphatic rings. The van der Waals surface area contributed by atoms with Crippen molar-refractivity contribution in [2.75, 3.05) is 0 Å². The van der Waals surface area contributed by atoms with Crippen LogP contribution < -0.4 is 0 Å². The van der Waals surface area contributed by atoms with Gasteiger partial charge in [-0.1, -0.05) is 23.8 Å². The Morgan fingerprint density at radius 2 is 1.92 bits per heavy atom. The molecule has 0 spiro atoms. The molecule has 0 fully saturated rings. The lowest BCUT2D eigenvalue weighted by atomic mass is 10.2. The van der Waals surface area contributed by atoms with Gasteiger partial charge in [-0.15, -0.1) is 21.5 Å². The minimum absolute atomic E-state index is 0.286. The van der Waals surface area contributed by atoms with E-state index in [4.69, 9.17) is 5.26 Å². The average molecular weight is 376 g/mol. The SMILES string of the molecule is Cc1ccc(-n2c(Sc3cnc(C#N)cn3)nnc2-c2cccs2)cc1. The number of nitriles is 1. The van der Waals surface area contributed by atoms with Crippen LogP contribution in [0, 0.1) is 18.3 Å². The van der Waals surface area contributed by atoms with E-state index < -0.39 is 0 Å². The molecule has 0 saturated carbocycles. The minimum atomic E-state index is 0.286. The summed E-state index contributed by atoms with van der Waals surface area (Å²) in [5, 5.41) is 21.0. The first-order valence-electron chi connectivity index (χ1n) is 7.71. The third-order valence-corrected chi connectivity index (χ3v) is 5.34. The lowest BCUT2D eigenvalue weighted by Crippen LogP contribution is -1.99. The highest BCUT2D eigenvalue weighted by Gasteiger charge is 2.18. The Hall–Kier alpha value is -3.02. The van der Waals surface area contributed by atoms with Gasteiger partial charge in [0.25, 0.3) is 0 Å². The number of aromatic nitrogens is 5. The lowest BCUT2D eigenvalue weighted by molar-refractivity contribution is 0.881. The van der Waals surface area contributed by atoms with Crippen molar-refractivity contribution < 1.29 is 0 Å². The third-order valence-electron chi connectivity index (χ3n) is 3.61. The molecule has 0 saturated heterocycles. The monoisotopic (exact) mass is 376 g/mol. The molecule has 0 aliphatic carbocycles. The molecule has 0 amide bonds. The van der Waals surface area contributed by atoms with Crippen molar-refractivity contribution >= 4 is 23.1 Å². The molecule has 1 aromatic carbocycles. The fourth-order valence-corrected chi connectivity index (χ4v) is 3.81. The summed E-state index contributed by atoms with van der Waals surface area (Å²) in [5.41, 5.74) is 2.45. The Morgan fingerprint density at radius 1 is 1.08 bits per heavy atom. The van der Waals surface area contributed by atoms with Gasteiger partial charge in [0, 0.05) is 5.69 Å². The van der Waals surface area contributed by atoms with Crippen LogP contribution in [0.4, 0.5) is 0 Å². The van der Waals surface area contributed by atoms with Crippen LogP contribution in [0.5, 0.6) is 0 Å². The average Bonchev–Trinajstić information content (AvgIpc) is 3.33. The Bertz CT molecular complexity index is 1060. The van der Waals surface area contributed by atoms with Gasteiger partial charge in [0.1, 0.15) is 11.1 Å². The molecule has 4 rings (SSSR count). The summed E-state index contributed by atoms with van der Waals surface area (Å²) in [6, 6.07) is 14.2. The van der Waals surface area contributed by atoms with Gasteiger partial charge in [0.15, 0.2) is 11.5 Å². The van der Waals surface area contributed by atoms with Crippen molar-refractivity contribution in [3.63, 3.8) is 0 Å². The van der Waals surface area contributed by atoms with E-state index in [-0.39, 0.29) is 5.69 Å². The standard InChI is InChI=1S/C18H12N6S2/c1-12-4-6-14(7-5-12)24-17(15-3-2-8-25-15)22-23-18(24)26-16-11-20-13(9-19)10-21-16/h2-8,10-11H,1H3. The van der Waals surface area contributed by atoms with Crippen LogP contribution in [0.25, 0.3) is 16.4 Å². The Morgan fingerprint density at radius 3 is 2.58 bits per heavy atom. The zero-order valence-electron chi connectivity index (χ0n) is 13.7. The second-order valence-electron chi connectivity index (χ2n) is 5.41. The molecule has 4 aromatic rings. The highest BCUT2D eigenvalue weighted by Crippen LogP contribution is 2.32. The van der Waals surface area contributed by atoms with E-state index in [2.05, 4.69) is 39.2 Å². The van der Waals surface area contributed by atoms with E-state index in [9.17, 15) is 0 Å². The molecule has 126 valence electrons. The molecule has 8 heteroatoms. The smallest absolute Gasteiger partial charge is 0.202 e. The normalized spacial score (nSPS) is 10.6. The molecule has 26 heavy (non-hydrogen) atoms. The number of nitrogens with zero attached hydrogens (tertiary/aromatic N) is 6. The molecule has 6 nitrogen and oxygen atoms in total. The summed E-state index contributed by atoms with van der Waals surface area (Å²) >= 11 is 2.98. The van der Waals surface area contributed by atoms with Crippen LogP contribution in [0.3, 0.4) is 0 Å². The maximum absolute atomic E-state index is 8.86. The van der Waals surface area contributed by atoms with E-state index >= 15 is 0 Å². The van der Waals surface area contributed by atoms with Crippen molar-refractivity contribution in [1.29, 1.82) is 5.26 Å². The predicted molar refractivity (Wildman–Crippen MR) is 100 cm³/mol. The molecule has 0 unspecified atom stereocenters. The third kappa shape index (κ3) is 3.22. The van der Waals surface area contributed by atoms with Crippen molar-refractivity contribution in [2.45, 2.75) is 17.1 Å². The zero-order valence-corrected chi connectivity index (χ0v) is 15.3. The van der Waals surface area contributed by atoms with Crippen LogP contribution in [0.2, 0.25) is 0 Å². The molecule has 0 N–H and O–H groups in total. The van der Waals surface area contributed by atoms with E-state index in [1.807, 2.05) is 40.3 Å². The highest BCUT2D eigenvalue weighted by atomic mass is 32.2. The van der Waals surface area contributed by atoms with Crippen molar-refractivity contribution in [3.8, 4) is 22.5 Å². The molecule has 3 heterocycles. The maximum Gasteiger partial charge on any atom is 0.202 e. The summed E-state index contributed by atoms with van der Waals surface area (Å²) < 4.78 is 2.01. The van der Waals surface area contributed by atoms with E-state index in [1.165, 1.54) is 23.5 Å². The van der Waals surface area contributed by atoms with Gasteiger partial charge >= 0.3 is 0 Å². The highest BCUT2D eigenvalue weighted by molar-refractivity contribution is 7.99. The molecule has 0 radical (unpaired) electrons. The van der Waals surface area contributed by atoms with Gasteiger partial charge in [-0.25, -0.2) is 9.97 Å². The lowest BCUT2D eigenvalue weighted by Gasteiger charge is -2.09. The van der Waals surface area contributed by atoms with Crippen molar-refractivity contribution in [2.24, 2.45) is 0 Å². The van der Waals surface area contributed by atoms with Crippen LogP contribution in [-0.2, 0) is 0 Å². The number of rotatable bonds is 4. The summed E-state index contributed by atoms with van der Waals surface area (Å²) in [4.78, 5) is 9.37. The molecule has 3 aromatic heterocycles. The number of hydrogen-bond donors (Lipinski definition) is 0. The molecule has 0 aliphatic heterocycles. The summed E-state index contributed by atoms with van der Waals surface area (Å²) in [6.45, 7) is 2.05. The molecular weight excluding hydrogens is 364 g/mol. The van der Waals surface area contributed by atoms with Gasteiger partial charge in [0.2, 0.25) is 5.16 Å². The summed E-state index contributed by atoms with van der Waals surface area (Å²) in [6.07, 6.45) is 3.03. The van der Waals surface area contributed by atoms with Crippen molar-refractivity contribution in [1.82, 2.24) is 24.7 Å². The van der Waals surface area contributed by atoms with Crippen LogP contribution >= 0.6 is 23.1 Å². The fourth-order valence-electron chi connectivity index (χ4n) is 2.35. The first-order valence-corrected chi connectivity index (χ1v) is 9.40. The second kappa shape index (κ2) is 7.07. The largest absolute Gasteiger partial charge is 0.269 e. The first kappa shape index (κ1) is 16.4. The predicted octanol–water partition coefficient (Wildman–Crippen LogP) is 4.12. The molecule has 0 bridgehead atoms. The number of hydrogen-bond acceptors (Lipinski definition) is 7. The Kier molecular flexibility index (Phi) is 4.48. The Labute approximate surface area is 158 Å². The topological polar surface area (TPSA) is 80.3 Å². The quantitative estimate of drug-likeness (QED) is 0.533. The van der Waals surface area contributed by atoms with E-state index in [1.54, 1.807) is 17.5 Å². The van der Waals surface area contributed by atoms with E-state index in [0.29, 0.717) is 10.2 Å². The fraction of sp³-hybridized carbons (Fsp3) is 0.0556. The van der Waals surface area contributed by atoms with Crippen molar-refractivity contribution in [3.05, 3.63) is 65.4 Å². The minimum Gasteiger partial charge on any atom is -0.269 e. The van der Waals surface area contributed by atoms with E-state index in [0.717, 1.165) is 16.4 Å². The van der Waals surface area contributed by atoms with Gasteiger partial charge in [-0.3, -0.25) is 4.57 Å². The van der Waals surface area contributed by atoms with Gasteiger partial charge in [-0.2, -0.15) is 5.26 Å². The van der Waals surface area contributed by atoms with Crippen LogP contribution in [0.1, 0.15) is 11.3 Å². The number of thiophene rings is 1. The summed E-state index contributed by atoms with van der Waals surface area (Å²) in [5.74, 6) is 0.785. The molecule has 0 atom stereocenters. The second-order valence-corrected chi connectivity index (χ2v) is 7.34.